The second-order valence-electron chi connectivity index (χ2n) is 15.7. The van der Waals surface area contributed by atoms with Crippen molar-refractivity contribution in [3.63, 3.8) is 0 Å². The van der Waals surface area contributed by atoms with Crippen LogP contribution in [-0.2, 0) is 36.7 Å². The van der Waals surface area contributed by atoms with E-state index in [1.807, 2.05) is 65.1 Å². The van der Waals surface area contributed by atoms with Crippen LogP contribution < -0.4 is 0 Å². The van der Waals surface area contributed by atoms with Crippen LogP contribution in [0.5, 0.6) is 0 Å². The standard InChI is InChI=1S/C30H29N2S.C15H28O2.Ir/c1-19(2)14-24-16-22-10-11-27(32-29(22)33-24)21-12-13-31-28(18-21)23-15-20-8-6-7-9-25(20)26(17-23)30(3,4)5;1-7-14(5,8-2)12(16)11-13(17)15(6,9-3)10-4;/h6-13,16-19H,14H2,1-5H3;11,16H,7-10H2,1-6H3;/q-1;;/b;12-11-;. The van der Waals surface area contributed by atoms with Crippen LogP contribution >= 0.6 is 11.3 Å². The van der Waals surface area contributed by atoms with Crippen LogP contribution in [0.25, 0.3) is 43.5 Å². The second kappa shape index (κ2) is 17.6. The molecule has 6 heteroatoms. The van der Waals surface area contributed by atoms with Crippen molar-refractivity contribution < 1.29 is 30.0 Å². The van der Waals surface area contributed by atoms with Gasteiger partial charge in [-0.05, 0) is 73.3 Å². The minimum atomic E-state index is -0.337. The smallest absolute Gasteiger partial charge is 0.164 e. The maximum absolute atomic E-state index is 12.2. The number of rotatable bonds is 11. The van der Waals surface area contributed by atoms with Crippen molar-refractivity contribution >= 4 is 38.1 Å². The molecule has 0 unspecified atom stereocenters. The van der Waals surface area contributed by atoms with Crippen LogP contribution in [-0.4, -0.2) is 20.9 Å². The zero-order valence-electron chi connectivity index (χ0n) is 32.5. The Kier molecular flexibility index (Phi) is 14.5. The number of nitrogens with zero attached hydrogens (tertiary/aromatic N) is 2. The number of carbonyl (C=O) groups is 1. The molecule has 275 valence electrons. The van der Waals surface area contributed by atoms with Gasteiger partial charge in [-0.1, -0.05) is 111 Å². The van der Waals surface area contributed by atoms with Gasteiger partial charge in [0.1, 0.15) is 10.6 Å². The number of hydrogen-bond acceptors (Lipinski definition) is 5. The molecule has 3 heterocycles. The Morgan fingerprint density at radius 2 is 1.51 bits per heavy atom. The fourth-order valence-corrected chi connectivity index (χ4v) is 7.28. The van der Waals surface area contributed by atoms with Gasteiger partial charge in [-0.25, -0.2) is 4.98 Å². The first-order valence-corrected chi connectivity index (χ1v) is 19.2. The first kappa shape index (κ1) is 42.2. The van der Waals surface area contributed by atoms with Crippen molar-refractivity contribution in [3.8, 4) is 22.5 Å². The Labute approximate surface area is 324 Å². The molecule has 0 saturated heterocycles. The number of hydrogen-bond donors (Lipinski definition) is 1. The van der Waals surface area contributed by atoms with E-state index >= 15 is 0 Å². The second-order valence-corrected chi connectivity index (χ2v) is 16.8. The van der Waals surface area contributed by atoms with Crippen LogP contribution in [0.4, 0.5) is 0 Å². The van der Waals surface area contributed by atoms with E-state index in [0.717, 1.165) is 64.8 Å². The molecule has 0 spiro atoms. The largest absolute Gasteiger partial charge is 0.512 e. The molecule has 5 rings (SSSR count). The Balaban J connectivity index is 0.000000335. The number of carbonyl (C=O) groups excluding carboxylic acids is 1. The zero-order chi connectivity index (χ0) is 36.9. The minimum absolute atomic E-state index is 0. The Bertz CT molecular complexity index is 1960. The van der Waals surface area contributed by atoms with Crippen molar-refractivity contribution in [2.45, 2.75) is 114 Å². The molecule has 0 bridgehead atoms. The van der Waals surface area contributed by atoms with Crippen LogP contribution in [0.15, 0.2) is 78.7 Å². The predicted molar refractivity (Wildman–Crippen MR) is 215 cm³/mol. The summed E-state index contributed by atoms with van der Waals surface area (Å²) < 4.78 is 0. The van der Waals surface area contributed by atoms with Gasteiger partial charge in [0, 0.05) is 59.2 Å². The van der Waals surface area contributed by atoms with E-state index < -0.39 is 0 Å². The molecular formula is C45H57IrN2O2S-. The first-order valence-electron chi connectivity index (χ1n) is 18.3. The molecule has 4 nitrogen and oxygen atoms in total. The van der Waals surface area contributed by atoms with E-state index in [2.05, 4.69) is 95.3 Å². The van der Waals surface area contributed by atoms with Crippen molar-refractivity contribution in [1.29, 1.82) is 0 Å². The third-order valence-electron chi connectivity index (χ3n) is 10.6. The van der Waals surface area contributed by atoms with Crippen LogP contribution in [0.2, 0.25) is 0 Å². The molecule has 0 saturated carbocycles. The fourth-order valence-electron chi connectivity index (χ4n) is 6.04. The van der Waals surface area contributed by atoms with Gasteiger partial charge >= 0.3 is 0 Å². The number of aliphatic hydroxyl groups is 1. The molecule has 0 aliphatic carbocycles. The SMILES string of the molecule is CC(C)Cc1cc2ccc(-c3ccnc(-c4[c-]c5ccccc5c(C(C)(C)C)c4)c3)nc2s1.CCC(C)(CC)C(=O)/C=C(\O)C(C)(CC)CC.[Ir]. The molecule has 5 aromatic rings. The van der Waals surface area contributed by atoms with Gasteiger partial charge in [0.25, 0.3) is 0 Å². The number of aliphatic hydroxyl groups excluding tert-OH is 1. The molecule has 3 aromatic heterocycles. The predicted octanol–water partition coefficient (Wildman–Crippen LogP) is 13.1. The number of fused-ring (bicyclic) bond motifs is 2. The van der Waals surface area contributed by atoms with Crippen LogP contribution in [0.1, 0.15) is 112 Å². The minimum Gasteiger partial charge on any atom is -0.512 e. The Hall–Kier alpha value is -3.18. The summed E-state index contributed by atoms with van der Waals surface area (Å²) >= 11 is 1.81. The number of thiophene rings is 1. The van der Waals surface area contributed by atoms with Crippen molar-refractivity contribution in [1.82, 2.24) is 9.97 Å². The van der Waals surface area contributed by atoms with Crippen LogP contribution in [0.3, 0.4) is 0 Å². The summed E-state index contributed by atoms with van der Waals surface area (Å²) in [6, 6.07) is 25.1. The normalized spacial score (nSPS) is 12.5. The number of pyridine rings is 2. The van der Waals surface area contributed by atoms with Crippen molar-refractivity contribution in [3.05, 3.63) is 95.2 Å². The molecule has 1 N–H and O–H groups in total. The summed E-state index contributed by atoms with van der Waals surface area (Å²) in [4.78, 5) is 24.4. The molecule has 51 heavy (non-hydrogen) atoms. The summed E-state index contributed by atoms with van der Waals surface area (Å²) in [5, 5.41) is 13.7. The van der Waals surface area contributed by atoms with Crippen LogP contribution in [0, 0.1) is 22.8 Å². The summed E-state index contributed by atoms with van der Waals surface area (Å²) in [6.45, 7) is 23.4. The van der Waals surface area contributed by atoms with Gasteiger partial charge in [-0.2, -0.15) is 0 Å². The van der Waals surface area contributed by atoms with E-state index in [9.17, 15) is 9.90 Å². The van der Waals surface area contributed by atoms with E-state index in [0.29, 0.717) is 5.92 Å². The average molecular weight is 882 g/mol. The Morgan fingerprint density at radius 1 is 0.863 bits per heavy atom. The number of allylic oxidation sites excluding steroid dienone is 2. The third kappa shape index (κ3) is 10.0. The van der Waals surface area contributed by atoms with Gasteiger partial charge in [0.05, 0.1) is 5.69 Å². The maximum Gasteiger partial charge on any atom is 0.164 e. The van der Waals surface area contributed by atoms with Crippen molar-refractivity contribution in [2.24, 2.45) is 16.7 Å². The van der Waals surface area contributed by atoms with E-state index in [1.165, 1.54) is 27.3 Å². The van der Waals surface area contributed by atoms with Gasteiger partial charge in [-0.15, -0.1) is 40.5 Å². The molecule has 0 aliphatic heterocycles. The van der Waals surface area contributed by atoms with Gasteiger partial charge in [-0.3, -0.25) is 9.78 Å². The zero-order valence-corrected chi connectivity index (χ0v) is 35.7. The molecule has 0 atom stereocenters. The molecule has 1 radical (unpaired) electrons. The summed E-state index contributed by atoms with van der Waals surface area (Å²) in [6.07, 6.45) is 7.74. The van der Waals surface area contributed by atoms with Gasteiger partial charge in [0.15, 0.2) is 5.78 Å². The molecule has 0 fully saturated rings. The fraction of sp³-hybridized carbons (Fsp3) is 0.444. The van der Waals surface area contributed by atoms with E-state index in [4.69, 9.17) is 9.97 Å². The average Bonchev–Trinajstić information content (AvgIpc) is 3.51. The van der Waals surface area contributed by atoms with E-state index in [-0.39, 0.29) is 47.9 Å². The first-order chi connectivity index (χ1) is 23.6. The van der Waals surface area contributed by atoms with E-state index in [1.54, 1.807) is 0 Å². The molecule has 2 aromatic carbocycles. The Morgan fingerprint density at radius 3 is 2.12 bits per heavy atom. The van der Waals surface area contributed by atoms with Crippen molar-refractivity contribution in [2.75, 3.05) is 0 Å². The summed E-state index contributed by atoms with van der Waals surface area (Å²) in [5.74, 6) is 0.935. The third-order valence-corrected chi connectivity index (χ3v) is 11.6. The maximum atomic E-state index is 12.2. The number of ketones is 1. The van der Waals surface area contributed by atoms with Gasteiger partial charge in [0.2, 0.25) is 0 Å². The number of aromatic nitrogens is 2. The molecular weight excluding hydrogens is 825 g/mol. The molecule has 0 aliphatic rings. The number of benzene rings is 2. The monoisotopic (exact) mass is 882 g/mol. The van der Waals surface area contributed by atoms with Gasteiger partial charge < -0.3 is 5.11 Å². The quantitative estimate of drug-likeness (QED) is 0.0815. The molecule has 0 amide bonds. The topological polar surface area (TPSA) is 63.1 Å². The summed E-state index contributed by atoms with van der Waals surface area (Å²) in [5.41, 5.74) is 4.76. The summed E-state index contributed by atoms with van der Waals surface area (Å²) in [7, 11) is 0.